The molecule has 2 saturated carbocycles. The summed E-state index contributed by atoms with van der Waals surface area (Å²) in [5.74, 6) is 2.39. The first-order valence-corrected chi connectivity index (χ1v) is 8.25. The highest BCUT2D eigenvalue weighted by atomic mass is 35.5. The van der Waals surface area contributed by atoms with Crippen LogP contribution in [0.2, 0.25) is 5.02 Å². The van der Waals surface area contributed by atoms with E-state index in [1.807, 2.05) is 0 Å². The van der Waals surface area contributed by atoms with E-state index in [4.69, 9.17) is 11.6 Å². The summed E-state index contributed by atoms with van der Waals surface area (Å²) >= 11 is 6.22. The normalized spacial score (nSPS) is 29.9. The van der Waals surface area contributed by atoms with E-state index in [9.17, 15) is 4.39 Å². The van der Waals surface area contributed by atoms with Gasteiger partial charge in [-0.2, -0.15) is 0 Å². The fourth-order valence-corrected chi connectivity index (χ4v) is 4.38. The quantitative estimate of drug-likeness (QED) is 0.847. The Balaban J connectivity index is 1.73. The van der Waals surface area contributed by atoms with E-state index in [0.29, 0.717) is 11.1 Å². The maximum atomic E-state index is 13.4. The van der Waals surface area contributed by atoms with Gasteiger partial charge >= 0.3 is 0 Å². The van der Waals surface area contributed by atoms with Crippen LogP contribution in [0, 0.1) is 23.6 Å². The summed E-state index contributed by atoms with van der Waals surface area (Å²) in [6, 6.07) is 5.16. The van der Waals surface area contributed by atoms with Crippen LogP contribution >= 0.6 is 11.6 Å². The molecule has 0 aliphatic heterocycles. The molecule has 0 aromatic heterocycles. The van der Waals surface area contributed by atoms with Gasteiger partial charge in [-0.05, 0) is 67.3 Å². The van der Waals surface area contributed by atoms with Gasteiger partial charge in [-0.25, -0.2) is 4.39 Å². The lowest BCUT2D eigenvalue weighted by atomic mass is 9.99. The molecule has 3 atom stereocenters. The molecule has 0 saturated heterocycles. The lowest BCUT2D eigenvalue weighted by Gasteiger charge is -2.19. The minimum atomic E-state index is -0.187. The predicted molar refractivity (Wildman–Crippen MR) is 81.5 cm³/mol. The fraction of sp³-hybridized carbons (Fsp3) is 0.647. The van der Waals surface area contributed by atoms with Crippen LogP contribution < -0.4 is 5.32 Å². The molecule has 0 amide bonds. The molecular weight excluding hydrogens is 273 g/mol. The Labute approximate surface area is 125 Å². The van der Waals surface area contributed by atoms with Gasteiger partial charge in [-0.15, -0.1) is 0 Å². The van der Waals surface area contributed by atoms with Crippen LogP contribution in [0.3, 0.4) is 0 Å². The van der Waals surface area contributed by atoms with E-state index in [-0.39, 0.29) is 5.82 Å². The van der Waals surface area contributed by atoms with Crippen LogP contribution in [0.4, 0.5) is 4.39 Å². The smallest absolute Gasteiger partial charge is 0.123 e. The number of hydrogen-bond donors (Lipinski definition) is 1. The maximum absolute atomic E-state index is 13.4. The number of rotatable bonds is 5. The molecule has 0 bridgehead atoms. The third-order valence-corrected chi connectivity index (χ3v) is 5.47. The second-order valence-electron chi connectivity index (χ2n) is 6.29. The van der Waals surface area contributed by atoms with Crippen molar-refractivity contribution < 1.29 is 4.39 Å². The SMILES string of the molecule is CCNC(Cc1cc(F)ccc1Cl)C1C2CCCCC21. The summed E-state index contributed by atoms with van der Waals surface area (Å²) in [6.45, 7) is 3.11. The van der Waals surface area contributed by atoms with Crippen LogP contribution in [0.15, 0.2) is 18.2 Å². The van der Waals surface area contributed by atoms with Gasteiger partial charge in [0, 0.05) is 11.1 Å². The number of likely N-dealkylation sites (N-methyl/N-ethyl adjacent to an activating group) is 1. The molecule has 1 aromatic rings. The molecule has 3 unspecified atom stereocenters. The molecule has 3 rings (SSSR count). The first-order valence-electron chi connectivity index (χ1n) is 7.88. The second-order valence-corrected chi connectivity index (χ2v) is 6.70. The third kappa shape index (κ3) is 2.87. The van der Waals surface area contributed by atoms with E-state index < -0.39 is 0 Å². The summed E-state index contributed by atoms with van der Waals surface area (Å²) in [5.41, 5.74) is 0.946. The van der Waals surface area contributed by atoms with E-state index in [0.717, 1.165) is 36.3 Å². The van der Waals surface area contributed by atoms with Gasteiger partial charge in [-0.1, -0.05) is 31.4 Å². The van der Waals surface area contributed by atoms with Gasteiger partial charge in [0.05, 0.1) is 0 Å². The Morgan fingerprint density at radius 2 is 2.00 bits per heavy atom. The van der Waals surface area contributed by atoms with E-state index >= 15 is 0 Å². The molecule has 2 aliphatic rings. The lowest BCUT2D eigenvalue weighted by Crippen LogP contribution is -2.34. The molecule has 1 aromatic carbocycles. The van der Waals surface area contributed by atoms with Gasteiger partial charge in [0.1, 0.15) is 5.82 Å². The van der Waals surface area contributed by atoms with Crippen LogP contribution in [-0.4, -0.2) is 12.6 Å². The van der Waals surface area contributed by atoms with Gasteiger partial charge in [0.2, 0.25) is 0 Å². The van der Waals surface area contributed by atoms with Crippen LogP contribution in [0.25, 0.3) is 0 Å². The summed E-state index contributed by atoms with van der Waals surface area (Å²) in [5, 5.41) is 4.31. The van der Waals surface area contributed by atoms with Crippen molar-refractivity contribution >= 4 is 11.6 Å². The predicted octanol–water partition coefficient (Wildman–Crippen LogP) is 4.44. The lowest BCUT2D eigenvalue weighted by molar-refractivity contribution is 0.437. The van der Waals surface area contributed by atoms with Gasteiger partial charge < -0.3 is 5.32 Å². The van der Waals surface area contributed by atoms with E-state index in [1.165, 1.54) is 31.7 Å². The molecule has 1 nitrogen and oxygen atoms in total. The molecule has 0 heterocycles. The zero-order chi connectivity index (χ0) is 14.1. The molecule has 3 heteroatoms. The van der Waals surface area contributed by atoms with Crippen molar-refractivity contribution in [2.24, 2.45) is 17.8 Å². The third-order valence-electron chi connectivity index (χ3n) is 5.10. The topological polar surface area (TPSA) is 12.0 Å². The Morgan fingerprint density at radius 3 is 2.65 bits per heavy atom. The number of nitrogens with one attached hydrogen (secondary N) is 1. The summed E-state index contributed by atoms with van der Waals surface area (Å²) < 4.78 is 13.4. The monoisotopic (exact) mass is 295 g/mol. The Morgan fingerprint density at radius 1 is 1.30 bits per heavy atom. The number of hydrogen-bond acceptors (Lipinski definition) is 1. The highest BCUT2D eigenvalue weighted by Crippen LogP contribution is 2.57. The molecule has 2 aliphatic carbocycles. The minimum absolute atomic E-state index is 0.187. The Hall–Kier alpha value is -0.600. The van der Waals surface area contributed by atoms with Crippen molar-refractivity contribution in [3.63, 3.8) is 0 Å². The van der Waals surface area contributed by atoms with Crippen molar-refractivity contribution in [3.8, 4) is 0 Å². The summed E-state index contributed by atoms with van der Waals surface area (Å²) in [6.07, 6.45) is 6.39. The number of benzene rings is 1. The molecular formula is C17H23ClFN. The minimum Gasteiger partial charge on any atom is -0.314 e. The summed E-state index contributed by atoms with van der Waals surface area (Å²) in [4.78, 5) is 0. The molecule has 0 spiro atoms. The van der Waals surface area contributed by atoms with Crippen molar-refractivity contribution in [3.05, 3.63) is 34.6 Å². The number of halogens is 2. The van der Waals surface area contributed by atoms with Crippen molar-refractivity contribution in [1.82, 2.24) is 5.32 Å². The molecule has 0 radical (unpaired) electrons. The average molecular weight is 296 g/mol. The standard InChI is InChI=1S/C17H23ClFN/c1-2-20-16(17-13-5-3-4-6-14(13)17)10-11-9-12(19)7-8-15(11)18/h7-9,13-14,16-17,20H,2-6,10H2,1H3. The highest BCUT2D eigenvalue weighted by molar-refractivity contribution is 6.31. The largest absolute Gasteiger partial charge is 0.314 e. The van der Waals surface area contributed by atoms with Crippen LogP contribution in [-0.2, 0) is 6.42 Å². The Kier molecular flexibility index (Phi) is 4.32. The average Bonchev–Trinajstić information content (AvgIpc) is 3.16. The fourth-order valence-electron chi connectivity index (χ4n) is 4.19. The summed E-state index contributed by atoms with van der Waals surface area (Å²) in [7, 11) is 0. The van der Waals surface area contributed by atoms with E-state index in [1.54, 1.807) is 12.1 Å². The van der Waals surface area contributed by atoms with Gasteiger partial charge in [-0.3, -0.25) is 0 Å². The van der Waals surface area contributed by atoms with Crippen molar-refractivity contribution in [1.29, 1.82) is 0 Å². The first kappa shape index (κ1) is 14.3. The zero-order valence-corrected chi connectivity index (χ0v) is 12.8. The highest BCUT2D eigenvalue weighted by Gasteiger charge is 2.53. The van der Waals surface area contributed by atoms with Crippen molar-refractivity contribution in [2.75, 3.05) is 6.54 Å². The van der Waals surface area contributed by atoms with Gasteiger partial charge in [0.15, 0.2) is 0 Å². The second kappa shape index (κ2) is 6.03. The zero-order valence-electron chi connectivity index (χ0n) is 12.0. The molecule has 1 N–H and O–H groups in total. The Bertz CT molecular complexity index is 464. The van der Waals surface area contributed by atoms with Crippen LogP contribution in [0.1, 0.15) is 38.2 Å². The van der Waals surface area contributed by atoms with Gasteiger partial charge in [0.25, 0.3) is 0 Å². The first-order chi connectivity index (χ1) is 9.70. The molecule has 110 valence electrons. The molecule has 2 fully saturated rings. The maximum Gasteiger partial charge on any atom is 0.123 e. The van der Waals surface area contributed by atoms with Crippen LogP contribution in [0.5, 0.6) is 0 Å². The number of fused-ring (bicyclic) bond motifs is 1. The molecule has 20 heavy (non-hydrogen) atoms. The van der Waals surface area contributed by atoms with Crippen molar-refractivity contribution in [2.45, 2.75) is 45.1 Å². The van der Waals surface area contributed by atoms with E-state index in [2.05, 4.69) is 12.2 Å².